The topological polar surface area (TPSA) is 3.24 Å². The first-order valence-electron chi connectivity index (χ1n) is 9.25. The summed E-state index contributed by atoms with van der Waals surface area (Å²) in [5.74, 6) is 0. The van der Waals surface area contributed by atoms with Gasteiger partial charge in [-0.15, -0.1) is 0 Å². The molecule has 0 heterocycles. The summed E-state index contributed by atoms with van der Waals surface area (Å²) in [7, 11) is 4.01. The van der Waals surface area contributed by atoms with Gasteiger partial charge >= 0.3 is 0 Å². The maximum atomic E-state index is 2.54. The minimum Gasteiger partial charge on any atom is -0.302 e. The maximum absolute atomic E-state index is 2.54. The molecule has 2 aromatic carbocycles. The van der Waals surface area contributed by atoms with Gasteiger partial charge in [-0.25, -0.2) is 0 Å². The van der Waals surface area contributed by atoms with Crippen molar-refractivity contribution in [1.82, 2.24) is 4.90 Å². The van der Waals surface area contributed by atoms with Crippen molar-refractivity contribution in [3.63, 3.8) is 0 Å². The summed E-state index contributed by atoms with van der Waals surface area (Å²) >= 11 is 0. The number of likely N-dealkylation sites (N-methyl/N-ethyl adjacent to an activating group) is 1. The maximum Gasteiger partial charge on any atom is 0.0348 e. The Balaban J connectivity index is 1.82. The molecule has 0 spiro atoms. The lowest BCUT2D eigenvalue weighted by Gasteiger charge is -2.34. The van der Waals surface area contributed by atoms with Gasteiger partial charge in [0.05, 0.1) is 0 Å². The summed E-state index contributed by atoms with van der Waals surface area (Å²) in [6, 6.07) is 22.8. The Labute approximate surface area is 152 Å². The Bertz CT molecular complexity index is 750. The fourth-order valence-corrected chi connectivity index (χ4v) is 6.84. The average molecular weight is 347 g/mol. The van der Waals surface area contributed by atoms with Crippen molar-refractivity contribution in [3.05, 3.63) is 83.2 Å². The first-order chi connectivity index (χ1) is 12.3. The van der Waals surface area contributed by atoms with Crippen LogP contribution in [-0.2, 0) is 0 Å². The normalized spacial score (nSPS) is 20.2. The second kappa shape index (κ2) is 7.28. The molecule has 0 fully saturated rings. The smallest absolute Gasteiger partial charge is 0.0348 e. The van der Waals surface area contributed by atoms with Crippen molar-refractivity contribution in [2.75, 3.05) is 14.1 Å². The van der Waals surface area contributed by atoms with Gasteiger partial charge in [0.1, 0.15) is 0 Å². The molecule has 0 saturated heterocycles. The Kier molecular flexibility index (Phi) is 4.88. The van der Waals surface area contributed by atoms with Crippen LogP contribution in [0.4, 0.5) is 0 Å². The van der Waals surface area contributed by atoms with Gasteiger partial charge in [-0.1, -0.05) is 72.3 Å². The second-order valence-electron chi connectivity index (χ2n) is 7.19. The fraction of sp³-hybridized carbons (Fsp3) is 0.304. The average Bonchev–Trinajstić information content (AvgIpc) is 3.08. The minimum absolute atomic E-state index is 0.470. The van der Waals surface area contributed by atoms with Gasteiger partial charge in [0.25, 0.3) is 0 Å². The highest BCUT2D eigenvalue weighted by atomic mass is 31.1. The summed E-state index contributed by atoms with van der Waals surface area (Å²) in [5, 5.41) is 4.54. The van der Waals surface area contributed by atoms with Crippen LogP contribution in [0.15, 0.2) is 83.2 Å². The lowest BCUT2D eigenvalue weighted by atomic mass is 9.88. The van der Waals surface area contributed by atoms with E-state index in [1.165, 1.54) is 29.9 Å². The lowest BCUT2D eigenvalue weighted by molar-refractivity contribution is 0.303. The molecular weight excluding hydrogens is 321 g/mol. The summed E-state index contributed by atoms with van der Waals surface area (Å²) in [4.78, 5) is 2.43. The van der Waals surface area contributed by atoms with Gasteiger partial charge in [0, 0.05) is 6.04 Å². The first-order valence-corrected chi connectivity index (χ1v) is 10.6. The predicted molar refractivity (Wildman–Crippen MR) is 110 cm³/mol. The number of rotatable bonds is 4. The van der Waals surface area contributed by atoms with E-state index in [1.54, 1.807) is 16.5 Å². The van der Waals surface area contributed by atoms with Crippen molar-refractivity contribution in [1.29, 1.82) is 0 Å². The van der Waals surface area contributed by atoms with E-state index in [9.17, 15) is 0 Å². The van der Waals surface area contributed by atoms with E-state index in [0.29, 0.717) is 6.04 Å². The summed E-state index contributed by atoms with van der Waals surface area (Å²) in [6.07, 6.45) is 7.60. The highest BCUT2D eigenvalue weighted by Gasteiger charge is 2.34. The molecule has 0 amide bonds. The number of nitrogens with zero attached hydrogens (tertiary/aromatic N) is 1. The summed E-state index contributed by atoms with van der Waals surface area (Å²) < 4.78 is 0. The molecule has 2 heteroatoms. The number of allylic oxidation sites excluding steroid dienone is 2. The fourth-order valence-electron chi connectivity index (χ4n) is 4.23. The predicted octanol–water partition coefficient (Wildman–Crippen LogP) is 4.82. The molecule has 0 bridgehead atoms. The third-order valence-corrected chi connectivity index (χ3v) is 7.92. The molecule has 0 radical (unpaired) electrons. The molecule has 0 unspecified atom stereocenters. The molecular formula is C23H26NP. The van der Waals surface area contributed by atoms with E-state index in [1.807, 2.05) is 0 Å². The van der Waals surface area contributed by atoms with Gasteiger partial charge in [0.2, 0.25) is 0 Å². The van der Waals surface area contributed by atoms with Crippen LogP contribution in [0.25, 0.3) is 0 Å². The molecule has 1 atom stereocenters. The molecule has 1 nitrogen and oxygen atoms in total. The first kappa shape index (κ1) is 16.8. The van der Waals surface area contributed by atoms with Gasteiger partial charge < -0.3 is 4.90 Å². The van der Waals surface area contributed by atoms with E-state index < -0.39 is 7.92 Å². The van der Waals surface area contributed by atoms with E-state index in [0.717, 1.165) is 6.42 Å². The second-order valence-corrected chi connectivity index (χ2v) is 9.37. The zero-order chi connectivity index (χ0) is 17.2. The third-order valence-electron chi connectivity index (χ3n) is 5.38. The van der Waals surface area contributed by atoms with Crippen molar-refractivity contribution in [2.24, 2.45) is 0 Å². The van der Waals surface area contributed by atoms with Crippen LogP contribution in [-0.4, -0.2) is 25.0 Å². The lowest BCUT2D eigenvalue weighted by Crippen LogP contribution is -2.33. The van der Waals surface area contributed by atoms with Crippen molar-refractivity contribution in [2.45, 2.75) is 31.7 Å². The Morgan fingerprint density at radius 1 is 0.880 bits per heavy atom. The van der Waals surface area contributed by atoms with Gasteiger partial charge in [0.15, 0.2) is 0 Å². The van der Waals surface area contributed by atoms with E-state index in [2.05, 4.69) is 85.7 Å². The van der Waals surface area contributed by atoms with Crippen LogP contribution in [0.3, 0.4) is 0 Å². The van der Waals surface area contributed by atoms with Gasteiger partial charge in [-0.3, -0.25) is 0 Å². The SMILES string of the molecule is CN(C)[C@@H]1CCCC2=C1C(P(c1ccccc1)c1ccccc1)=CC2. The Hall–Kier alpha value is -1.69. The van der Waals surface area contributed by atoms with Crippen molar-refractivity contribution >= 4 is 18.5 Å². The molecule has 2 aromatic rings. The van der Waals surface area contributed by atoms with E-state index in [-0.39, 0.29) is 0 Å². The van der Waals surface area contributed by atoms with Crippen LogP contribution < -0.4 is 10.6 Å². The molecule has 0 saturated carbocycles. The monoisotopic (exact) mass is 347 g/mol. The van der Waals surface area contributed by atoms with Crippen LogP contribution in [0.2, 0.25) is 0 Å². The van der Waals surface area contributed by atoms with Gasteiger partial charge in [-0.05, 0) is 69.2 Å². The van der Waals surface area contributed by atoms with E-state index in [4.69, 9.17) is 0 Å². The van der Waals surface area contributed by atoms with Crippen LogP contribution in [0, 0.1) is 0 Å². The highest BCUT2D eigenvalue weighted by Crippen LogP contribution is 2.54. The summed E-state index contributed by atoms with van der Waals surface area (Å²) in [5.41, 5.74) is 3.36. The number of benzene rings is 2. The van der Waals surface area contributed by atoms with Crippen molar-refractivity contribution in [3.8, 4) is 0 Å². The van der Waals surface area contributed by atoms with E-state index >= 15 is 0 Å². The quantitative estimate of drug-likeness (QED) is 0.717. The molecule has 25 heavy (non-hydrogen) atoms. The summed E-state index contributed by atoms with van der Waals surface area (Å²) in [6.45, 7) is 0. The number of hydrogen-bond acceptors (Lipinski definition) is 1. The minimum atomic E-state index is -0.470. The van der Waals surface area contributed by atoms with Crippen molar-refractivity contribution < 1.29 is 0 Å². The Morgan fingerprint density at radius 2 is 1.48 bits per heavy atom. The number of hydrogen-bond donors (Lipinski definition) is 0. The zero-order valence-corrected chi connectivity index (χ0v) is 16.0. The molecule has 4 rings (SSSR count). The van der Waals surface area contributed by atoms with Gasteiger partial charge in [-0.2, -0.15) is 0 Å². The highest BCUT2D eigenvalue weighted by molar-refractivity contribution is 7.77. The molecule has 0 aliphatic heterocycles. The Morgan fingerprint density at radius 3 is 2.04 bits per heavy atom. The van der Waals surface area contributed by atoms with Crippen LogP contribution in [0.1, 0.15) is 25.7 Å². The molecule has 0 aromatic heterocycles. The standard InChI is InChI=1S/C23H26NP/c1-24(2)21-15-9-10-18-16-17-22(23(18)21)25(19-11-5-3-6-12-19)20-13-7-4-8-14-20/h3-8,11-14,17,21H,9-10,15-16H2,1-2H3/t21-/m1/s1. The van der Waals surface area contributed by atoms with Crippen LogP contribution >= 0.6 is 7.92 Å². The zero-order valence-electron chi connectivity index (χ0n) is 15.2. The molecule has 128 valence electrons. The third kappa shape index (κ3) is 3.24. The molecule has 2 aliphatic rings. The molecule has 2 aliphatic carbocycles. The van der Waals surface area contributed by atoms with Crippen LogP contribution in [0.5, 0.6) is 0 Å². The largest absolute Gasteiger partial charge is 0.302 e. The molecule has 0 N–H and O–H groups in total.